The molecule has 1 aromatic heterocycles. The predicted molar refractivity (Wildman–Crippen MR) is 96.3 cm³/mol. The lowest BCUT2D eigenvalue weighted by Crippen LogP contribution is -2.13. The van der Waals surface area contributed by atoms with E-state index in [1.807, 2.05) is 0 Å². The highest BCUT2D eigenvalue weighted by molar-refractivity contribution is 7.92. The summed E-state index contributed by atoms with van der Waals surface area (Å²) < 4.78 is 27.5. The number of fused-ring (bicyclic) bond motifs is 1. The Morgan fingerprint density at radius 1 is 1.00 bits per heavy atom. The number of anilines is 1. The molecule has 7 heteroatoms. The van der Waals surface area contributed by atoms with Crippen molar-refractivity contribution in [3.05, 3.63) is 69.0 Å². The number of aryl methyl sites for hydroxylation is 2. The van der Waals surface area contributed by atoms with E-state index < -0.39 is 10.0 Å². The van der Waals surface area contributed by atoms with Crippen LogP contribution >= 0.6 is 11.6 Å². The van der Waals surface area contributed by atoms with Gasteiger partial charge in [-0.2, -0.15) is 0 Å². The van der Waals surface area contributed by atoms with E-state index in [0.29, 0.717) is 21.8 Å². The molecule has 5 nitrogen and oxygen atoms in total. The van der Waals surface area contributed by atoms with E-state index in [9.17, 15) is 13.2 Å². The molecule has 0 unspecified atom stereocenters. The Morgan fingerprint density at radius 2 is 1.75 bits per heavy atom. The molecule has 3 rings (SSSR count). The quantitative estimate of drug-likeness (QED) is 0.747. The molecule has 0 saturated carbocycles. The second kappa shape index (κ2) is 5.96. The van der Waals surface area contributed by atoms with Crippen LogP contribution in [0.2, 0.25) is 5.02 Å². The van der Waals surface area contributed by atoms with Gasteiger partial charge in [0.25, 0.3) is 15.6 Å². The lowest BCUT2D eigenvalue weighted by Gasteiger charge is -2.10. The van der Waals surface area contributed by atoms with Crippen LogP contribution < -0.4 is 10.3 Å². The molecule has 124 valence electrons. The zero-order valence-corrected chi connectivity index (χ0v) is 14.6. The highest BCUT2D eigenvalue weighted by Gasteiger charge is 2.15. The van der Waals surface area contributed by atoms with Crippen molar-refractivity contribution in [1.29, 1.82) is 0 Å². The normalized spacial score (nSPS) is 11.6. The fraction of sp³-hybridized carbons (Fsp3) is 0.118. The Bertz CT molecular complexity index is 1100. The van der Waals surface area contributed by atoms with E-state index >= 15 is 0 Å². The molecule has 0 aliphatic heterocycles. The van der Waals surface area contributed by atoms with Gasteiger partial charge in [-0.1, -0.05) is 23.7 Å². The van der Waals surface area contributed by atoms with Crippen molar-refractivity contribution in [2.45, 2.75) is 18.7 Å². The van der Waals surface area contributed by atoms with Crippen molar-refractivity contribution in [3.63, 3.8) is 0 Å². The molecule has 1 heterocycles. The molecule has 2 aromatic carbocycles. The molecule has 0 spiro atoms. The number of sulfonamides is 1. The molecule has 0 aliphatic rings. The van der Waals surface area contributed by atoms with Gasteiger partial charge in [0, 0.05) is 10.6 Å². The second-order valence-electron chi connectivity index (χ2n) is 5.60. The molecule has 2 N–H and O–H groups in total. The number of hydrogen-bond donors (Lipinski definition) is 2. The molecule has 0 bridgehead atoms. The van der Waals surface area contributed by atoms with Crippen LogP contribution in [0.3, 0.4) is 0 Å². The number of H-pyrrole nitrogens is 1. The smallest absolute Gasteiger partial charge is 0.261 e. The summed E-state index contributed by atoms with van der Waals surface area (Å²) in [6.07, 6.45) is 0. The lowest BCUT2D eigenvalue weighted by atomic mass is 10.1. The Hall–Kier alpha value is -2.31. The fourth-order valence-electron chi connectivity index (χ4n) is 2.33. The van der Waals surface area contributed by atoms with E-state index in [1.165, 1.54) is 12.1 Å². The monoisotopic (exact) mass is 362 g/mol. The Labute approximate surface area is 144 Å². The van der Waals surface area contributed by atoms with Gasteiger partial charge in [0.05, 0.1) is 16.1 Å². The molecule has 0 amide bonds. The van der Waals surface area contributed by atoms with Crippen LogP contribution in [0.15, 0.2) is 52.2 Å². The molecule has 0 atom stereocenters. The molecule has 24 heavy (non-hydrogen) atoms. The zero-order valence-electron chi connectivity index (χ0n) is 13.1. The van der Waals surface area contributed by atoms with Crippen LogP contribution in [0.25, 0.3) is 10.9 Å². The second-order valence-corrected chi connectivity index (χ2v) is 7.69. The number of hydrogen-bond acceptors (Lipinski definition) is 3. The molecule has 3 aromatic rings. The highest BCUT2D eigenvalue weighted by atomic mass is 35.5. The summed E-state index contributed by atoms with van der Waals surface area (Å²) in [6.45, 7) is 3.52. The zero-order chi connectivity index (χ0) is 17.5. The van der Waals surface area contributed by atoms with E-state index in [-0.39, 0.29) is 10.5 Å². The minimum Gasteiger partial charge on any atom is -0.322 e. The minimum absolute atomic E-state index is 0.0793. The molecule has 0 fully saturated rings. The number of rotatable bonds is 3. The first-order valence-corrected chi connectivity index (χ1v) is 9.05. The molecule has 0 radical (unpaired) electrons. The third-order valence-electron chi connectivity index (χ3n) is 3.74. The van der Waals surface area contributed by atoms with E-state index in [4.69, 9.17) is 11.6 Å². The van der Waals surface area contributed by atoms with Crippen molar-refractivity contribution in [3.8, 4) is 0 Å². The standard InChI is InChI=1S/C17H15ClN2O3S/c1-10-3-6-14(9-15(10)18)24(22,23)20-13-5-4-12-7-11(2)17(21)19-16(12)8-13/h3-9,20H,1-2H3,(H,19,21). The number of nitrogens with one attached hydrogen (secondary N) is 2. The third-order valence-corrected chi connectivity index (χ3v) is 5.52. The number of aromatic nitrogens is 1. The van der Waals surface area contributed by atoms with Gasteiger partial charge >= 0.3 is 0 Å². The summed E-state index contributed by atoms with van der Waals surface area (Å²) in [4.78, 5) is 14.5. The van der Waals surface area contributed by atoms with Gasteiger partial charge in [-0.3, -0.25) is 9.52 Å². The van der Waals surface area contributed by atoms with Crippen molar-refractivity contribution in [2.24, 2.45) is 0 Å². The summed E-state index contributed by atoms with van der Waals surface area (Å²) >= 11 is 6.00. The summed E-state index contributed by atoms with van der Waals surface area (Å²) in [5.41, 5.74) is 2.12. The van der Waals surface area contributed by atoms with Gasteiger partial charge in [-0.15, -0.1) is 0 Å². The number of halogens is 1. The lowest BCUT2D eigenvalue weighted by molar-refractivity contribution is 0.601. The maximum absolute atomic E-state index is 12.5. The van der Waals surface area contributed by atoms with Crippen molar-refractivity contribution in [1.82, 2.24) is 4.98 Å². The number of pyridine rings is 1. The number of aromatic amines is 1. The summed E-state index contributed by atoms with van der Waals surface area (Å²) in [5.74, 6) is 0. The van der Waals surface area contributed by atoms with Gasteiger partial charge in [0.1, 0.15) is 0 Å². The molecule has 0 saturated heterocycles. The van der Waals surface area contributed by atoms with Gasteiger partial charge in [0.2, 0.25) is 0 Å². The van der Waals surface area contributed by atoms with Gasteiger partial charge in [0.15, 0.2) is 0 Å². The van der Waals surface area contributed by atoms with Crippen molar-refractivity contribution in [2.75, 3.05) is 4.72 Å². The number of benzene rings is 2. The molecule has 0 aliphatic carbocycles. The maximum atomic E-state index is 12.5. The summed E-state index contributed by atoms with van der Waals surface area (Å²) in [7, 11) is -3.77. The highest BCUT2D eigenvalue weighted by Crippen LogP contribution is 2.23. The van der Waals surface area contributed by atoms with Gasteiger partial charge in [-0.05, 0) is 55.1 Å². The van der Waals surface area contributed by atoms with E-state index in [0.717, 1.165) is 10.9 Å². The minimum atomic E-state index is -3.77. The Balaban J connectivity index is 2.00. The van der Waals surface area contributed by atoms with E-state index in [1.54, 1.807) is 44.2 Å². The SMILES string of the molecule is Cc1ccc(S(=O)(=O)Nc2ccc3cc(C)c(=O)[nH]c3c2)cc1Cl. The fourth-order valence-corrected chi connectivity index (χ4v) is 3.65. The largest absolute Gasteiger partial charge is 0.322 e. The maximum Gasteiger partial charge on any atom is 0.261 e. The first-order chi connectivity index (χ1) is 11.3. The van der Waals surface area contributed by atoms with Gasteiger partial charge in [-0.25, -0.2) is 8.42 Å². The molecular formula is C17H15ClN2O3S. The van der Waals surface area contributed by atoms with Crippen molar-refractivity contribution < 1.29 is 8.42 Å². The van der Waals surface area contributed by atoms with Crippen LogP contribution in [0.4, 0.5) is 5.69 Å². The van der Waals surface area contributed by atoms with Crippen LogP contribution in [-0.2, 0) is 10.0 Å². The first kappa shape index (κ1) is 16.5. The van der Waals surface area contributed by atoms with Crippen LogP contribution in [0.1, 0.15) is 11.1 Å². The average molecular weight is 363 g/mol. The predicted octanol–water partition coefficient (Wildman–Crippen LogP) is 3.60. The Kier molecular flexibility index (Phi) is 4.11. The topological polar surface area (TPSA) is 79.0 Å². The van der Waals surface area contributed by atoms with Crippen LogP contribution in [0, 0.1) is 13.8 Å². The average Bonchev–Trinajstić information content (AvgIpc) is 2.51. The third kappa shape index (κ3) is 3.16. The Morgan fingerprint density at radius 3 is 2.46 bits per heavy atom. The van der Waals surface area contributed by atoms with Crippen LogP contribution in [-0.4, -0.2) is 13.4 Å². The summed E-state index contributed by atoms with van der Waals surface area (Å²) in [6, 6.07) is 11.3. The summed E-state index contributed by atoms with van der Waals surface area (Å²) in [5, 5.41) is 1.21. The first-order valence-electron chi connectivity index (χ1n) is 7.19. The van der Waals surface area contributed by atoms with E-state index in [2.05, 4.69) is 9.71 Å². The van der Waals surface area contributed by atoms with Crippen LogP contribution in [0.5, 0.6) is 0 Å². The van der Waals surface area contributed by atoms with Crippen molar-refractivity contribution >= 4 is 38.2 Å². The van der Waals surface area contributed by atoms with Gasteiger partial charge < -0.3 is 4.98 Å². The molecular weight excluding hydrogens is 348 g/mol.